The van der Waals surface area contributed by atoms with Gasteiger partial charge in [-0.25, -0.2) is 4.68 Å². The maximum absolute atomic E-state index is 12.9. The maximum atomic E-state index is 12.9. The Kier molecular flexibility index (Phi) is 5.77. The molecule has 0 aliphatic rings. The van der Waals surface area contributed by atoms with Gasteiger partial charge in [-0.3, -0.25) is 9.59 Å². The summed E-state index contributed by atoms with van der Waals surface area (Å²) in [6.45, 7) is -0.0195. The number of carbonyl (C=O) groups is 1. The Hall–Kier alpha value is -3.94. The molecule has 0 aliphatic carbocycles. The Balaban J connectivity index is 1.58. The van der Waals surface area contributed by atoms with Crippen molar-refractivity contribution in [1.29, 1.82) is 0 Å². The molecule has 0 fully saturated rings. The minimum absolute atomic E-state index is 0.0195. The summed E-state index contributed by atoms with van der Waals surface area (Å²) in [5.74, 6) is -0.521. The molecule has 1 N–H and O–H groups in total. The molecule has 3 aromatic carbocycles. The molecule has 0 aliphatic heterocycles. The summed E-state index contributed by atoms with van der Waals surface area (Å²) >= 11 is 0. The molecule has 0 unspecified atom stereocenters. The van der Waals surface area contributed by atoms with E-state index in [9.17, 15) is 22.8 Å². The molecule has 0 spiro atoms. The summed E-state index contributed by atoms with van der Waals surface area (Å²) in [7, 11) is 0. The fourth-order valence-corrected chi connectivity index (χ4v) is 3.40. The topological polar surface area (TPSA) is 64.0 Å². The predicted octanol–water partition coefficient (Wildman–Crippen LogP) is 5.11. The highest BCUT2D eigenvalue weighted by atomic mass is 19.4. The van der Waals surface area contributed by atoms with Gasteiger partial charge in [0.1, 0.15) is 0 Å². The maximum Gasteiger partial charge on any atom is 0.416 e. The molecule has 5 nitrogen and oxygen atoms in total. The van der Waals surface area contributed by atoms with Gasteiger partial charge in [0.2, 0.25) is 5.91 Å². The highest BCUT2D eigenvalue weighted by Crippen LogP contribution is 2.30. The fraction of sp³-hybridized carbons (Fsp3) is 0.125. The molecule has 0 saturated carbocycles. The second kappa shape index (κ2) is 8.66. The van der Waals surface area contributed by atoms with Crippen LogP contribution < -0.4 is 10.9 Å². The molecule has 4 aromatic rings. The van der Waals surface area contributed by atoms with Gasteiger partial charge in [-0.05, 0) is 24.3 Å². The number of benzene rings is 3. The average Bonchev–Trinajstić information content (AvgIpc) is 2.79. The number of aromatic nitrogens is 2. The number of anilines is 1. The molecule has 0 bridgehead atoms. The van der Waals surface area contributed by atoms with Crippen molar-refractivity contribution in [2.75, 3.05) is 5.32 Å². The van der Waals surface area contributed by atoms with Crippen LogP contribution in [0.5, 0.6) is 0 Å². The van der Waals surface area contributed by atoms with Gasteiger partial charge >= 0.3 is 6.18 Å². The lowest BCUT2D eigenvalue weighted by Crippen LogP contribution is -2.26. The number of alkyl halides is 3. The monoisotopic (exact) mass is 437 g/mol. The lowest BCUT2D eigenvalue weighted by atomic mass is 10.1. The third kappa shape index (κ3) is 4.54. The molecule has 1 amide bonds. The smallest absolute Gasteiger partial charge is 0.326 e. The van der Waals surface area contributed by atoms with Crippen LogP contribution in [0, 0.1) is 0 Å². The van der Waals surface area contributed by atoms with Crippen LogP contribution in [0.2, 0.25) is 0 Å². The average molecular weight is 437 g/mol. The van der Waals surface area contributed by atoms with Crippen molar-refractivity contribution in [1.82, 2.24) is 9.78 Å². The van der Waals surface area contributed by atoms with Crippen LogP contribution in [0.3, 0.4) is 0 Å². The Morgan fingerprint density at radius 2 is 1.59 bits per heavy atom. The summed E-state index contributed by atoms with van der Waals surface area (Å²) in [6, 6.07) is 20.8. The van der Waals surface area contributed by atoms with E-state index in [0.717, 1.165) is 17.7 Å². The minimum Gasteiger partial charge on any atom is -0.326 e. The largest absolute Gasteiger partial charge is 0.416 e. The van der Waals surface area contributed by atoms with E-state index in [1.54, 1.807) is 12.1 Å². The molecule has 32 heavy (non-hydrogen) atoms. The van der Waals surface area contributed by atoms with Gasteiger partial charge in [0, 0.05) is 23.1 Å². The van der Waals surface area contributed by atoms with Crippen LogP contribution in [-0.4, -0.2) is 15.7 Å². The van der Waals surface area contributed by atoms with Gasteiger partial charge in [-0.1, -0.05) is 54.6 Å². The van der Waals surface area contributed by atoms with Crippen LogP contribution in [-0.2, 0) is 17.5 Å². The van der Waals surface area contributed by atoms with E-state index in [1.807, 2.05) is 42.5 Å². The lowest BCUT2D eigenvalue weighted by molar-refractivity contribution is -0.137. The first-order valence-corrected chi connectivity index (χ1v) is 9.85. The number of nitrogens with one attached hydrogen (secondary N) is 1. The molecular weight excluding hydrogens is 419 g/mol. The van der Waals surface area contributed by atoms with Crippen LogP contribution in [0.25, 0.3) is 22.0 Å². The third-order valence-corrected chi connectivity index (χ3v) is 4.94. The number of rotatable bonds is 5. The molecule has 162 valence electrons. The number of nitrogens with zero attached hydrogens (tertiary/aromatic N) is 2. The molecule has 0 radical (unpaired) electrons. The van der Waals surface area contributed by atoms with Crippen molar-refractivity contribution in [3.05, 3.63) is 94.8 Å². The van der Waals surface area contributed by atoms with Crippen LogP contribution in [0.1, 0.15) is 12.0 Å². The molecule has 0 saturated heterocycles. The summed E-state index contributed by atoms with van der Waals surface area (Å²) in [5, 5.41) is 8.09. The molecular formula is C24H18F3N3O2. The van der Waals surface area contributed by atoms with Crippen molar-refractivity contribution < 1.29 is 18.0 Å². The zero-order valence-corrected chi connectivity index (χ0v) is 16.8. The van der Waals surface area contributed by atoms with Gasteiger partial charge in [-0.2, -0.15) is 18.3 Å². The van der Waals surface area contributed by atoms with Gasteiger partial charge in [0.05, 0.1) is 23.2 Å². The second-order valence-electron chi connectivity index (χ2n) is 7.17. The Morgan fingerprint density at radius 3 is 2.31 bits per heavy atom. The zero-order valence-electron chi connectivity index (χ0n) is 16.8. The van der Waals surface area contributed by atoms with Crippen molar-refractivity contribution in [3.63, 3.8) is 0 Å². The lowest BCUT2D eigenvalue weighted by Gasteiger charge is -2.12. The van der Waals surface area contributed by atoms with E-state index in [-0.39, 0.29) is 24.2 Å². The van der Waals surface area contributed by atoms with Crippen LogP contribution in [0.4, 0.5) is 18.9 Å². The fourth-order valence-electron chi connectivity index (χ4n) is 3.40. The van der Waals surface area contributed by atoms with Gasteiger partial charge < -0.3 is 5.32 Å². The third-order valence-electron chi connectivity index (χ3n) is 4.94. The summed E-state index contributed by atoms with van der Waals surface area (Å²) < 4.78 is 39.8. The zero-order chi connectivity index (χ0) is 22.7. The van der Waals surface area contributed by atoms with Crippen molar-refractivity contribution >= 4 is 22.4 Å². The molecule has 4 rings (SSSR count). The highest BCUT2D eigenvalue weighted by molar-refractivity contribution is 5.94. The van der Waals surface area contributed by atoms with Crippen LogP contribution in [0.15, 0.2) is 83.7 Å². The second-order valence-corrected chi connectivity index (χ2v) is 7.17. The molecule has 8 heteroatoms. The number of amides is 1. The number of fused-ring (bicyclic) bond motifs is 1. The van der Waals surface area contributed by atoms with E-state index in [2.05, 4.69) is 10.4 Å². The number of hydrogen-bond donors (Lipinski definition) is 1. The molecule has 1 heterocycles. The minimum atomic E-state index is -4.50. The first-order chi connectivity index (χ1) is 15.3. The standard InChI is InChI=1S/C24H18F3N3O2/c25-24(26,27)17-9-6-10-18(15-17)28-21(31)13-14-30-23(32)20-12-5-4-11-19(20)22(29-30)16-7-2-1-3-8-16/h1-12,15H,13-14H2,(H,28,31). The van der Waals surface area contributed by atoms with Crippen molar-refractivity contribution in [3.8, 4) is 11.3 Å². The van der Waals surface area contributed by atoms with Gasteiger partial charge in [-0.15, -0.1) is 0 Å². The van der Waals surface area contributed by atoms with E-state index < -0.39 is 17.6 Å². The Bertz CT molecular complexity index is 1330. The van der Waals surface area contributed by atoms with E-state index in [0.29, 0.717) is 16.5 Å². The van der Waals surface area contributed by atoms with E-state index in [1.165, 1.54) is 16.8 Å². The Labute approximate surface area is 181 Å². The summed E-state index contributed by atoms with van der Waals surface area (Å²) in [6.07, 6.45) is -4.63. The Morgan fingerprint density at radius 1 is 0.906 bits per heavy atom. The predicted molar refractivity (Wildman–Crippen MR) is 116 cm³/mol. The van der Waals surface area contributed by atoms with Crippen molar-refractivity contribution in [2.24, 2.45) is 0 Å². The summed E-state index contributed by atoms with van der Waals surface area (Å²) in [4.78, 5) is 25.2. The molecule has 0 atom stereocenters. The normalized spacial score (nSPS) is 11.5. The van der Waals surface area contributed by atoms with Gasteiger partial charge in [0.15, 0.2) is 0 Å². The number of hydrogen-bond acceptors (Lipinski definition) is 3. The first kappa shape index (κ1) is 21.3. The number of carbonyl (C=O) groups excluding carboxylic acids is 1. The number of aryl methyl sites for hydroxylation is 1. The first-order valence-electron chi connectivity index (χ1n) is 9.85. The van der Waals surface area contributed by atoms with E-state index >= 15 is 0 Å². The van der Waals surface area contributed by atoms with Crippen LogP contribution >= 0.6 is 0 Å². The number of halogens is 3. The molecule has 1 aromatic heterocycles. The van der Waals surface area contributed by atoms with Gasteiger partial charge in [0.25, 0.3) is 5.56 Å². The van der Waals surface area contributed by atoms with E-state index in [4.69, 9.17) is 0 Å². The SMILES string of the molecule is O=C(CCn1nc(-c2ccccc2)c2ccccc2c1=O)Nc1cccc(C(F)(F)F)c1. The highest BCUT2D eigenvalue weighted by Gasteiger charge is 2.30. The summed E-state index contributed by atoms with van der Waals surface area (Å²) in [5.41, 5.74) is 0.279. The quantitative estimate of drug-likeness (QED) is 0.472. The van der Waals surface area contributed by atoms with Crippen molar-refractivity contribution in [2.45, 2.75) is 19.1 Å².